The molecule has 0 aliphatic carbocycles. The van der Waals surface area contributed by atoms with E-state index >= 15 is 0 Å². The zero-order valence-corrected chi connectivity index (χ0v) is 17.5. The first-order chi connectivity index (χ1) is 13.3. The highest BCUT2D eigenvalue weighted by molar-refractivity contribution is 9.10. The van der Waals surface area contributed by atoms with Crippen LogP contribution in [-0.2, 0) is 22.8 Å². The third-order valence-corrected chi connectivity index (χ3v) is 6.20. The molecule has 1 heterocycles. The maximum absolute atomic E-state index is 12.4. The molecule has 0 bridgehead atoms. The van der Waals surface area contributed by atoms with Crippen LogP contribution < -0.4 is 5.32 Å². The number of amides is 1. The van der Waals surface area contributed by atoms with Gasteiger partial charge in [-0.25, -0.2) is 8.42 Å². The molecule has 1 amide bonds. The Hall–Kier alpha value is -2.52. The second-order valence-corrected chi connectivity index (χ2v) is 9.24. The first-order valence-electron chi connectivity index (χ1n) is 8.48. The lowest BCUT2D eigenvalue weighted by atomic mass is 10.2. The van der Waals surface area contributed by atoms with E-state index in [4.69, 9.17) is 4.52 Å². The van der Waals surface area contributed by atoms with E-state index in [-0.39, 0.29) is 28.8 Å². The number of hydrogen-bond donors (Lipinski definition) is 1. The summed E-state index contributed by atoms with van der Waals surface area (Å²) in [4.78, 5) is 16.4. The van der Waals surface area contributed by atoms with Crippen molar-refractivity contribution in [2.24, 2.45) is 0 Å². The molecular formula is C19H18BrN3O4S. The van der Waals surface area contributed by atoms with Crippen molar-refractivity contribution in [3.8, 4) is 0 Å². The Morgan fingerprint density at radius 1 is 1.18 bits per heavy atom. The van der Waals surface area contributed by atoms with Gasteiger partial charge in [-0.05, 0) is 36.8 Å². The van der Waals surface area contributed by atoms with Gasteiger partial charge >= 0.3 is 11.8 Å². The summed E-state index contributed by atoms with van der Waals surface area (Å²) in [6, 6.07) is 14.1. The topological polar surface area (TPSA) is 102 Å². The second kappa shape index (κ2) is 8.66. The first kappa shape index (κ1) is 20.2. The Bertz CT molecular complexity index is 1080. The molecule has 7 nitrogen and oxygen atoms in total. The van der Waals surface area contributed by atoms with E-state index in [9.17, 15) is 13.2 Å². The molecule has 0 saturated heterocycles. The fraction of sp³-hybridized carbons (Fsp3) is 0.211. The third kappa shape index (κ3) is 5.26. The Balaban J connectivity index is 1.57. The lowest BCUT2D eigenvalue weighted by Gasteiger charge is -2.03. The van der Waals surface area contributed by atoms with Crippen LogP contribution in [0.5, 0.6) is 0 Å². The zero-order chi connectivity index (χ0) is 20.1. The normalized spacial score (nSPS) is 11.4. The van der Waals surface area contributed by atoms with Crippen LogP contribution in [0.4, 0.5) is 0 Å². The van der Waals surface area contributed by atoms with Crippen molar-refractivity contribution in [1.29, 1.82) is 0 Å². The summed E-state index contributed by atoms with van der Waals surface area (Å²) < 4.78 is 30.6. The lowest BCUT2D eigenvalue weighted by Crippen LogP contribution is -2.23. The number of nitrogens with zero attached hydrogens (tertiary/aromatic N) is 2. The minimum atomic E-state index is -3.46. The van der Waals surface area contributed by atoms with E-state index in [2.05, 4.69) is 31.4 Å². The molecule has 0 atom stereocenters. The monoisotopic (exact) mass is 463 g/mol. The van der Waals surface area contributed by atoms with Crippen LogP contribution in [0, 0.1) is 6.92 Å². The summed E-state index contributed by atoms with van der Waals surface area (Å²) in [6.07, 6.45) is 0.0542. The molecule has 0 radical (unpaired) electrons. The molecule has 146 valence electrons. The first-order valence-corrected chi connectivity index (χ1v) is 10.9. The van der Waals surface area contributed by atoms with Gasteiger partial charge in [-0.2, -0.15) is 4.98 Å². The van der Waals surface area contributed by atoms with Crippen LogP contribution in [0.1, 0.15) is 27.6 Å². The lowest BCUT2D eigenvalue weighted by molar-refractivity contribution is 0.0907. The van der Waals surface area contributed by atoms with Gasteiger partial charge in [-0.1, -0.05) is 50.9 Å². The van der Waals surface area contributed by atoms with Gasteiger partial charge in [0.05, 0.1) is 10.6 Å². The average molecular weight is 464 g/mol. The number of benzene rings is 2. The molecular weight excluding hydrogens is 446 g/mol. The van der Waals surface area contributed by atoms with Gasteiger partial charge in [0.2, 0.25) is 0 Å². The van der Waals surface area contributed by atoms with E-state index in [0.717, 1.165) is 15.6 Å². The van der Waals surface area contributed by atoms with E-state index < -0.39 is 15.7 Å². The molecule has 0 unspecified atom stereocenters. The van der Waals surface area contributed by atoms with E-state index in [1.165, 1.54) is 0 Å². The van der Waals surface area contributed by atoms with E-state index in [0.29, 0.717) is 6.54 Å². The predicted octanol–water partition coefficient (Wildman–Crippen LogP) is 3.09. The fourth-order valence-electron chi connectivity index (χ4n) is 2.44. The highest BCUT2D eigenvalue weighted by atomic mass is 79.9. The van der Waals surface area contributed by atoms with Crippen LogP contribution in [-0.4, -0.2) is 30.2 Å². The number of halogens is 1. The van der Waals surface area contributed by atoms with Crippen molar-refractivity contribution in [3.05, 3.63) is 75.8 Å². The van der Waals surface area contributed by atoms with Gasteiger partial charge in [0.1, 0.15) is 0 Å². The van der Waals surface area contributed by atoms with Gasteiger partial charge in [-0.3, -0.25) is 4.79 Å². The molecule has 28 heavy (non-hydrogen) atoms. The van der Waals surface area contributed by atoms with Crippen LogP contribution in [0.2, 0.25) is 0 Å². The maximum Gasteiger partial charge on any atom is 0.315 e. The zero-order valence-electron chi connectivity index (χ0n) is 15.1. The molecule has 0 aliphatic heterocycles. The minimum absolute atomic E-state index is 0.0542. The summed E-state index contributed by atoms with van der Waals surface area (Å²) >= 11 is 3.37. The number of carbonyl (C=O) groups is 1. The molecule has 0 aliphatic rings. The standard InChI is InChI=1S/C19H18BrN3O4S/c1-13-5-7-16(8-6-13)28(25,26)10-9-17-22-19(27-23-17)18(24)21-12-14-3-2-4-15(20)11-14/h2-8,11H,9-10,12H2,1H3,(H,21,24). The highest BCUT2D eigenvalue weighted by Gasteiger charge is 2.19. The number of carbonyl (C=O) groups excluding carboxylic acids is 1. The summed E-state index contributed by atoms with van der Waals surface area (Å²) in [5, 5.41) is 6.38. The third-order valence-electron chi connectivity index (χ3n) is 3.98. The van der Waals surface area contributed by atoms with Crippen molar-refractivity contribution in [2.75, 3.05) is 5.75 Å². The van der Waals surface area contributed by atoms with Gasteiger partial charge in [0.25, 0.3) is 0 Å². The number of aryl methyl sites for hydroxylation is 2. The van der Waals surface area contributed by atoms with Crippen molar-refractivity contribution in [3.63, 3.8) is 0 Å². The van der Waals surface area contributed by atoms with Crippen molar-refractivity contribution in [2.45, 2.75) is 24.8 Å². The average Bonchev–Trinajstić information content (AvgIpc) is 3.14. The van der Waals surface area contributed by atoms with Crippen molar-refractivity contribution in [1.82, 2.24) is 15.5 Å². The molecule has 0 fully saturated rings. The molecule has 1 N–H and O–H groups in total. The van der Waals surface area contributed by atoms with Gasteiger partial charge in [0.15, 0.2) is 15.7 Å². The quantitative estimate of drug-likeness (QED) is 0.577. The van der Waals surface area contributed by atoms with Crippen molar-refractivity contribution < 1.29 is 17.7 Å². The Morgan fingerprint density at radius 3 is 2.64 bits per heavy atom. The summed E-state index contributed by atoms with van der Waals surface area (Å²) in [6.45, 7) is 2.19. The number of sulfone groups is 1. The fourth-order valence-corrected chi connectivity index (χ4v) is 4.13. The highest BCUT2D eigenvalue weighted by Crippen LogP contribution is 2.14. The molecule has 0 saturated carbocycles. The number of hydrogen-bond acceptors (Lipinski definition) is 6. The molecule has 3 aromatic rings. The molecule has 0 spiro atoms. The number of aromatic nitrogens is 2. The predicted molar refractivity (Wildman–Crippen MR) is 107 cm³/mol. The van der Waals surface area contributed by atoms with Crippen LogP contribution in [0.15, 0.2) is 62.4 Å². The minimum Gasteiger partial charge on any atom is -0.344 e. The van der Waals surface area contributed by atoms with E-state index in [1.807, 2.05) is 31.2 Å². The molecule has 3 rings (SSSR count). The second-order valence-electron chi connectivity index (χ2n) is 6.21. The van der Waals surface area contributed by atoms with Gasteiger partial charge in [-0.15, -0.1) is 0 Å². The molecule has 9 heteroatoms. The summed E-state index contributed by atoms with van der Waals surface area (Å²) in [7, 11) is -3.46. The van der Waals surface area contributed by atoms with E-state index in [1.54, 1.807) is 24.3 Å². The van der Waals surface area contributed by atoms with Crippen LogP contribution >= 0.6 is 15.9 Å². The summed E-state index contributed by atoms with van der Waals surface area (Å²) in [5.74, 6) is -0.713. The smallest absolute Gasteiger partial charge is 0.315 e. The van der Waals surface area contributed by atoms with Crippen LogP contribution in [0.3, 0.4) is 0 Å². The summed E-state index contributed by atoms with van der Waals surface area (Å²) in [5.41, 5.74) is 1.89. The molecule has 1 aromatic heterocycles. The maximum atomic E-state index is 12.4. The number of rotatable bonds is 7. The largest absolute Gasteiger partial charge is 0.344 e. The number of nitrogens with one attached hydrogen (secondary N) is 1. The SMILES string of the molecule is Cc1ccc(S(=O)(=O)CCc2noc(C(=O)NCc3cccc(Br)c3)n2)cc1. The van der Waals surface area contributed by atoms with Crippen molar-refractivity contribution >= 4 is 31.7 Å². The van der Waals surface area contributed by atoms with Gasteiger partial charge in [0, 0.05) is 17.4 Å². The Morgan fingerprint density at radius 2 is 1.93 bits per heavy atom. The van der Waals surface area contributed by atoms with Crippen LogP contribution in [0.25, 0.3) is 0 Å². The molecule has 2 aromatic carbocycles. The Kier molecular flexibility index (Phi) is 6.25. The Labute approximate surface area is 171 Å². The van der Waals surface area contributed by atoms with Gasteiger partial charge < -0.3 is 9.84 Å².